The topological polar surface area (TPSA) is 180 Å². The average Bonchev–Trinajstić information content (AvgIpc) is 3.84. The monoisotopic (exact) mass is 766 g/mol. The molecule has 1 aromatic carbocycles. The van der Waals surface area contributed by atoms with Crippen LogP contribution in [-0.4, -0.2) is 98.1 Å². The van der Waals surface area contributed by atoms with Crippen molar-refractivity contribution in [1.29, 1.82) is 0 Å². The van der Waals surface area contributed by atoms with Crippen molar-refractivity contribution < 1.29 is 40.8 Å². The maximum absolute atomic E-state index is 14.0. The molecule has 6 heterocycles. The van der Waals surface area contributed by atoms with Crippen molar-refractivity contribution in [2.75, 3.05) is 59.7 Å². The van der Waals surface area contributed by atoms with E-state index in [9.17, 15) is 36.3 Å². The summed E-state index contributed by atoms with van der Waals surface area (Å²) in [6.45, 7) is 2.38. The zero-order valence-electron chi connectivity index (χ0n) is 28.6. The number of piperazine rings is 1. The van der Waals surface area contributed by atoms with Gasteiger partial charge in [-0.25, -0.2) is 28.2 Å². The van der Waals surface area contributed by atoms with Crippen LogP contribution >= 0.6 is 0 Å². The molecule has 55 heavy (non-hydrogen) atoms. The first-order valence-electron chi connectivity index (χ1n) is 16.8. The summed E-state index contributed by atoms with van der Waals surface area (Å²) >= 11 is 0. The number of rotatable bonds is 11. The molecule has 286 valence electrons. The van der Waals surface area contributed by atoms with Gasteiger partial charge in [0.15, 0.2) is 17.2 Å². The lowest BCUT2D eigenvalue weighted by Crippen LogP contribution is -2.50. The quantitative estimate of drug-likeness (QED) is 0.159. The Morgan fingerprint density at radius 1 is 0.964 bits per heavy atom. The molecule has 0 spiro atoms. The van der Waals surface area contributed by atoms with E-state index in [0.717, 1.165) is 30.7 Å². The fourth-order valence-corrected chi connectivity index (χ4v) is 5.90. The predicted octanol–water partition coefficient (Wildman–Crippen LogP) is 4.64. The molecule has 4 amide bonds. The Bertz CT molecular complexity index is 2170. The number of nitrogens with zero attached hydrogens (tertiary/aromatic N) is 9. The minimum atomic E-state index is -4.46. The van der Waals surface area contributed by atoms with Crippen molar-refractivity contribution in [3.8, 4) is 17.1 Å². The predicted molar refractivity (Wildman–Crippen MR) is 186 cm³/mol. The van der Waals surface area contributed by atoms with Gasteiger partial charge in [-0.2, -0.15) is 23.4 Å². The lowest BCUT2D eigenvalue weighted by molar-refractivity contribution is -0.120. The van der Waals surface area contributed by atoms with Gasteiger partial charge in [0.05, 0.1) is 23.3 Å². The standard InChI is InChI=1S/C34H31F5N12O4/c35-30(36)29-24(42-31(53)25-18-55-32(43-25)20-7-9-40-26(15-20)41-19-34(37,38)39)17-51(47-29)23-4-2-22(3-5-23)49-13-11-48(12-14-49)16-21-1-6-27(46-45-21)50-10-8-28(52)44-33(50)54/h1-7,9,15,17-18,30H,8,10-14,16,19H2,(H,40,41)(H,42,53)(H,44,52,54). The first-order valence-corrected chi connectivity index (χ1v) is 16.8. The third kappa shape index (κ3) is 8.83. The average molecular weight is 767 g/mol. The molecule has 21 heteroatoms. The van der Waals surface area contributed by atoms with E-state index >= 15 is 0 Å². The Balaban J connectivity index is 0.942. The summed E-state index contributed by atoms with van der Waals surface area (Å²) in [4.78, 5) is 50.1. The molecule has 0 radical (unpaired) electrons. The molecule has 2 fully saturated rings. The number of aromatic nitrogens is 6. The second kappa shape index (κ2) is 15.5. The Kier molecular flexibility index (Phi) is 10.4. The molecular weight excluding hydrogens is 735 g/mol. The highest BCUT2D eigenvalue weighted by Gasteiger charge is 2.28. The molecule has 0 unspecified atom stereocenters. The number of hydrogen-bond donors (Lipinski definition) is 3. The van der Waals surface area contributed by atoms with Gasteiger partial charge in [0, 0.05) is 63.1 Å². The van der Waals surface area contributed by atoms with Crippen molar-refractivity contribution >= 4 is 40.9 Å². The smallest absolute Gasteiger partial charge is 0.405 e. The molecule has 5 aromatic rings. The number of urea groups is 1. The number of alkyl halides is 5. The van der Waals surface area contributed by atoms with Gasteiger partial charge in [-0.1, -0.05) is 0 Å². The second-order valence-corrected chi connectivity index (χ2v) is 12.5. The molecule has 0 aliphatic carbocycles. The van der Waals surface area contributed by atoms with Crippen LogP contribution in [0.3, 0.4) is 0 Å². The van der Waals surface area contributed by atoms with E-state index in [4.69, 9.17) is 4.42 Å². The van der Waals surface area contributed by atoms with Crippen LogP contribution in [0.2, 0.25) is 0 Å². The fraction of sp³-hybridized carbons (Fsp3) is 0.294. The number of hydrogen-bond acceptors (Lipinski definition) is 12. The van der Waals surface area contributed by atoms with Crippen LogP contribution in [0.1, 0.15) is 34.7 Å². The minimum Gasteiger partial charge on any atom is -0.444 e. The summed E-state index contributed by atoms with van der Waals surface area (Å²) < 4.78 is 72.3. The molecule has 0 saturated carbocycles. The Labute approximate surface area is 308 Å². The highest BCUT2D eigenvalue weighted by molar-refractivity contribution is 6.05. The van der Waals surface area contributed by atoms with Crippen LogP contribution in [-0.2, 0) is 11.3 Å². The molecule has 2 aliphatic heterocycles. The number of amides is 4. The van der Waals surface area contributed by atoms with E-state index in [-0.39, 0.29) is 47.5 Å². The Hall–Kier alpha value is -6.51. The van der Waals surface area contributed by atoms with Crippen LogP contribution in [0.5, 0.6) is 0 Å². The maximum atomic E-state index is 14.0. The molecule has 16 nitrogen and oxygen atoms in total. The van der Waals surface area contributed by atoms with Crippen LogP contribution in [0.15, 0.2) is 71.6 Å². The van der Waals surface area contributed by atoms with Gasteiger partial charge in [-0.15, -0.1) is 5.10 Å². The number of oxazole rings is 1. The minimum absolute atomic E-state index is 0.0947. The van der Waals surface area contributed by atoms with Crippen LogP contribution in [0, 0.1) is 0 Å². The van der Waals surface area contributed by atoms with E-state index in [1.165, 1.54) is 34.1 Å². The fourth-order valence-electron chi connectivity index (χ4n) is 5.90. The zero-order chi connectivity index (χ0) is 38.7. The van der Waals surface area contributed by atoms with Gasteiger partial charge in [-0.05, 0) is 48.5 Å². The number of imide groups is 1. The molecule has 0 atom stereocenters. The molecule has 3 N–H and O–H groups in total. The normalized spacial score (nSPS) is 15.4. The van der Waals surface area contributed by atoms with E-state index in [0.29, 0.717) is 31.1 Å². The molecule has 2 aliphatic rings. The van der Waals surface area contributed by atoms with Crippen molar-refractivity contribution in [2.24, 2.45) is 0 Å². The van der Waals surface area contributed by atoms with Crippen LogP contribution < -0.4 is 25.8 Å². The molecule has 4 aromatic heterocycles. The number of pyridine rings is 1. The number of nitrogens with one attached hydrogen (secondary N) is 3. The highest BCUT2D eigenvalue weighted by Crippen LogP contribution is 2.29. The van der Waals surface area contributed by atoms with E-state index < -0.39 is 36.8 Å². The van der Waals surface area contributed by atoms with E-state index in [2.05, 4.69) is 51.0 Å². The van der Waals surface area contributed by atoms with Crippen molar-refractivity contribution in [2.45, 2.75) is 25.6 Å². The first-order chi connectivity index (χ1) is 26.4. The van der Waals surface area contributed by atoms with Gasteiger partial charge < -0.3 is 20.0 Å². The summed E-state index contributed by atoms with van der Waals surface area (Å²) in [7, 11) is 0. The SMILES string of the molecule is O=C1CCN(c2ccc(CN3CCN(c4ccc(-n5cc(NC(=O)c6coc(-c7ccnc(NCC(F)(F)F)c7)n6)c(C(F)F)n5)cc4)CC3)nn2)C(=O)N1. The lowest BCUT2D eigenvalue weighted by atomic mass is 10.2. The summed E-state index contributed by atoms with van der Waals surface area (Å²) in [5, 5.41) is 19.2. The second-order valence-electron chi connectivity index (χ2n) is 12.5. The number of carbonyl (C=O) groups is 3. The first kappa shape index (κ1) is 36.8. The van der Waals surface area contributed by atoms with E-state index in [1.54, 1.807) is 24.3 Å². The van der Waals surface area contributed by atoms with Crippen LogP contribution in [0.25, 0.3) is 17.1 Å². The molecule has 0 bridgehead atoms. The van der Waals surface area contributed by atoms with Crippen LogP contribution in [0.4, 0.5) is 49.8 Å². The van der Waals surface area contributed by atoms with Gasteiger partial charge in [-0.3, -0.25) is 24.7 Å². The Morgan fingerprint density at radius 2 is 1.73 bits per heavy atom. The Morgan fingerprint density at radius 3 is 2.42 bits per heavy atom. The zero-order valence-corrected chi connectivity index (χ0v) is 28.6. The number of anilines is 4. The third-order valence-corrected chi connectivity index (χ3v) is 8.68. The largest absolute Gasteiger partial charge is 0.444 e. The highest BCUT2D eigenvalue weighted by atomic mass is 19.4. The molecule has 7 rings (SSSR count). The summed E-state index contributed by atoms with van der Waals surface area (Å²) in [6.07, 6.45) is -3.80. The van der Waals surface area contributed by atoms with Crippen molar-refractivity contribution in [1.82, 2.24) is 40.2 Å². The lowest BCUT2D eigenvalue weighted by Gasteiger charge is -2.36. The number of benzene rings is 1. The number of halogens is 5. The van der Waals surface area contributed by atoms with Gasteiger partial charge in [0.1, 0.15) is 18.6 Å². The third-order valence-electron chi connectivity index (χ3n) is 8.68. The van der Waals surface area contributed by atoms with E-state index in [1.807, 2.05) is 12.1 Å². The van der Waals surface area contributed by atoms with Gasteiger partial charge in [0.2, 0.25) is 11.8 Å². The van der Waals surface area contributed by atoms with Gasteiger partial charge in [0.25, 0.3) is 12.3 Å². The summed E-state index contributed by atoms with van der Waals surface area (Å²) in [5.74, 6) is -1.02. The maximum Gasteiger partial charge on any atom is 0.405 e. The van der Waals surface area contributed by atoms with Crippen molar-refractivity contribution in [3.63, 3.8) is 0 Å². The van der Waals surface area contributed by atoms with Gasteiger partial charge >= 0.3 is 12.2 Å². The number of carbonyl (C=O) groups excluding carboxylic acids is 3. The summed E-state index contributed by atoms with van der Waals surface area (Å²) in [5.41, 5.74) is 1.18. The van der Waals surface area contributed by atoms with Crippen molar-refractivity contribution in [3.05, 3.63) is 84.3 Å². The summed E-state index contributed by atoms with van der Waals surface area (Å²) in [6, 6.07) is 12.8. The molecule has 2 saturated heterocycles. The molecular formula is C34H31F5N12O4.